The van der Waals surface area contributed by atoms with Gasteiger partial charge in [0.05, 0.1) is 48.6 Å². The number of aryl methyl sites for hydroxylation is 2. The summed E-state index contributed by atoms with van der Waals surface area (Å²) in [5.74, 6) is 7.34. The van der Waals surface area contributed by atoms with Gasteiger partial charge in [0.25, 0.3) is 0 Å². The van der Waals surface area contributed by atoms with Gasteiger partial charge in [-0.25, -0.2) is 0 Å². The number of hydrogen-bond acceptors (Lipinski definition) is 11. The summed E-state index contributed by atoms with van der Waals surface area (Å²) in [4.78, 5) is 40.7. The van der Waals surface area contributed by atoms with Gasteiger partial charge in [-0.15, -0.1) is 21.5 Å². The van der Waals surface area contributed by atoms with E-state index in [-0.39, 0.29) is 36.5 Å². The second kappa shape index (κ2) is 21.2. The predicted molar refractivity (Wildman–Crippen MR) is 291 cm³/mol. The van der Waals surface area contributed by atoms with Gasteiger partial charge in [-0.3, -0.25) is 24.0 Å². The molecule has 3 saturated heterocycles. The molecule has 10 rings (SSSR count). The quantitative estimate of drug-likeness (QED) is 0.0960. The van der Waals surface area contributed by atoms with E-state index in [0.29, 0.717) is 87.0 Å². The highest BCUT2D eigenvalue weighted by Crippen LogP contribution is 2.41. The summed E-state index contributed by atoms with van der Waals surface area (Å²) in [6.07, 6.45) is -1.61. The number of hydrogen-bond donors (Lipinski definition) is 2. The van der Waals surface area contributed by atoms with Crippen LogP contribution in [0, 0.1) is 32.6 Å². The van der Waals surface area contributed by atoms with Crippen molar-refractivity contribution in [2.24, 2.45) is 4.99 Å². The van der Waals surface area contributed by atoms with Crippen LogP contribution in [0.3, 0.4) is 0 Å². The minimum absolute atomic E-state index is 0.0364. The van der Waals surface area contributed by atoms with E-state index in [1.807, 2.05) is 59.2 Å². The molecule has 1 atom stereocenters. The van der Waals surface area contributed by atoms with Gasteiger partial charge in [0.2, 0.25) is 11.8 Å². The van der Waals surface area contributed by atoms with Crippen molar-refractivity contribution in [1.82, 2.24) is 34.0 Å². The first-order valence-corrected chi connectivity index (χ1v) is 29.2. The number of carbonyl (C=O) groups is 2. The smallest absolute Gasteiger partial charge is 0.382 e. The minimum atomic E-state index is -4.45. The largest absolute Gasteiger partial charge is 0.406 e. The number of likely N-dealkylation sites (tertiary alicyclic amines) is 2. The van der Waals surface area contributed by atoms with E-state index in [9.17, 15) is 27.3 Å². The van der Waals surface area contributed by atoms with E-state index in [1.54, 1.807) is 55.0 Å². The van der Waals surface area contributed by atoms with Crippen molar-refractivity contribution in [3.63, 3.8) is 0 Å². The lowest BCUT2D eigenvalue weighted by Crippen LogP contribution is -2.59. The Bertz CT molecular complexity index is 3270. The Hall–Kier alpha value is -5.96. The standard InChI is InChI=1S/C55H61ClF3N10O4PS/c1-35-36(2)75-53-50(35)51(38-11-13-39(56)14-12-38)62-46(52-64-63-37(3)69(52)53)31-48(70)67-28-29-73-54(33-67)21-26-66(27-22-54)49(71)32-65-24-19-41(20-25-65)61-45-9-6-10-47-44(45)30-42(68(47)34-55(57,58)59)8-7-23-60-40-15-17-43(18-16-40)74(4,5)72/h6,9-18,30,41,46,60-61H,19-29,31-34H2,1-5H3/t46-/m0/s1. The molecule has 3 fully saturated rings. The summed E-state index contributed by atoms with van der Waals surface area (Å²) >= 11 is 7.98. The molecule has 7 heterocycles. The number of nitrogens with one attached hydrogen (secondary N) is 2. The zero-order chi connectivity index (χ0) is 52.8. The number of nitrogens with zero attached hydrogens (tertiary/aromatic N) is 8. The number of halogens is 4. The van der Waals surface area contributed by atoms with Crippen molar-refractivity contribution in [2.75, 3.05) is 82.9 Å². The number of morpholine rings is 1. The van der Waals surface area contributed by atoms with E-state index in [2.05, 4.69) is 56.0 Å². The Balaban J connectivity index is 0.734. The molecule has 0 saturated carbocycles. The van der Waals surface area contributed by atoms with Gasteiger partial charge in [0.1, 0.15) is 30.6 Å². The zero-order valence-electron chi connectivity index (χ0n) is 42.8. The molecule has 3 aromatic heterocycles. The third-order valence-electron chi connectivity index (χ3n) is 15.0. The number of alkyl halides is 3. The van der Waals surface area contributed by atoms with Crippen LogP contribution in [-0.4, -0.2) is 142 Å². The number of ether oxygens (including phenoxy) is 1. The highest BCUT2D eigenvalue weighted by Gasteiger charge is 2.43. The van der Waals surface area contributed by atoms with E-state index < -0.39 is 31.5 Å². The summed E-state index contributed by atoms with van der Waals surface area (Å²) < 4.78 is 63.9. The van der Waals surface area contributed by atoms with Crippen molar-refractivity contribution in [2.45, 2.75) is 83.3 Å². The van der Waals surface area contributed by atoms with Gasteiger partial charge in [-0.2, -0.15) is 13.2 Å². The first-order chi connectivity index (χ1) is 35.8. The highest BCUT2D eigenvalue weighted by atomic mass is 35.5. The number of aliphatic imine (C=N–C) groups is 1. The molecule has 1 spiro atoms. The van der Waals surface area contributed by atoms with Crippen molar-refractivity contribution in [1.29, 1.82) is 0 Å². The summed E-state index contributed by atoms with van der Waals surface area (Å²) in [5.41, 5.74) is 5.50. The molecule has 4 aliphatic rings. The summed E-state index contributed by atoms with van der Waals surface area (Å²) in [6.45, 7) is 12.6. The number of rotatable bonds is 11. The van der Waals surface area contributed by atoms with Gasteiger partial charge >= 0.3 is 6.18 Å². The number of piperidine rings is 2. The van der Waals surface area contributed by atoms with Crippen LogP contribution in [0.5, 0.6) is 0 Å². The molecule has 4 aliphatic heterocycles. The molecule has 14 nitrogen and oxygen atoms in total. The molecule has 394 valence electrons. The molecule has 0 unspecified atom stereocenters. The Morgan fingerprint density at radius 3 is 2.37 bits per heavy atom. The van der Waals surface area contributed by atoms with Crippen LogP contribution in [0.1, 0.15) is 77.1 Å². The number of fused-ring (bicyclic) bond motifs is 4. The number of carbonyl (C=O) groups excluding carboxylic acids is 2. The van der Waals surface area contributed by atoms with Crippen molar-refractivity contribution in [3.8, 4) is 16.8 Å². The Kier molecular flexibility index (Phi) is 14.8. The average Bonchev–Trinajstić information content (AvgIpc) is 4.00. The summed E-state index contributed by atoms with van der Waals surface area (Å²) in [7, 11) is -2.39. The fourth-order valence-corrected chi connectivity index (χ4v) is 13.0. The molecule has 2 N–H and O–H groups in total. The third kappa shape index (κ3) is 11.4. The Labute approximate surface area is 444 Å². The molecule has 3 aromatic carbocycles. The maximum atomic E-state index is 14.4. The SMILES string of the molecule is Cc1sc2c(c1C)C(c1ccc(Cl)cc1)=N[C@@H](CC(=O)N1CCOC3(CCN(C(=O)CN4CCC(Nc5cccc6c5cc(C#CCNc5ccc(P(C)(C)=O)cc5)n6CC(F)(F)F)CC4)CC3)C1)c1nnc(C)n1-2. The number of benzene rings is 3. The van der Waals surface area contributed by atoms with Crippen LogP contribution < -0.4 is 15.9 Å². The lowest BCUT2D eigenvalue weighted by atomic mass is 9.89. The first kappa shape index (κ1) is 52.5. The summed E-state index contributed by atoms with van der Waals surface area (Å²) in [5, 5.41) is 18.9. The second-order valence-corrected chi connectivity index (χ2v) is 25.4. The maximum absolute atomic E-state index is 14.4. The molecule has 0 aliphatic carbocycles. The second-order valence-electron chi connectivity index (χ2n) is 20.6. The number of anilines is 2. The van der Waals surface area contributed by atoms with Crippen LogP contribution >= 0.6 is 30.1 Å². The molecule has 20 heteroatoms. The topological polar surface area (TPSA) is 142 Å². The fraction of sp³-hybridized carbons (Fsp3) is 0.436. The predicted octanol–water partition coefficient (Wildman–Crippen LogP) is 9.21. The maximum Gasteiger partial charge on any atom is 0.406 e. The highest BCUT2D eigenvalue weighted by molar-refractivity contribution is 7.70. The van der Waals surface area contributed by atoms with Crippen LogP contribution in [-0.2, 0) is 25.4 Å². The van der Waals surface area contributed by atoms with Gasteiger partial charge in [0.15, 0.2) is 5.82 Å². The average molecular weight is 1080 g/mol. The van der Waals surface area contributed by atoms with Crippen LogP contribution in [0.25, 0.3) is 15.9 Å². The van der Waals surface area contributed by atoms with Crippen LogP contribution in [0.4, 0.5) is 24.5 Å². The van der Waals surface area contributed by atoms with E-state index >= 15 is 0 Å². The van der Waals surface area contributed by atoms with Crippen LogP contribution in [0.2, 0.25) is 5.02 Å². The van der Waals surface area contributed by atoms with Gasteiger partial charge in [-0.05, 0) is 126 Å². The van der Waals surface area contributed by atoms with Gasteiger partial charge in [0, 0.05) is 88.4 Å². The molecule has 6 aromatic rings. The number of amides is 2. The molecule has 75 heavy (non-hydrogen) atoms. The number of thiophene rings is 1. The molecule has 2 amide bonds. The first-order valence-electron chi connectivity index (χ1n) is 25.4. The normalized spacial score (nSPS) is 18.3. The monoisotopic (exact) mass is 1080 g/mol. The summed E-state index contributed by atoms with van der Waals surface area (Å²) in [6, 6.07) is 21.4. The lowest BCUT2D eigenvalue weighted by molar-refractivity contribution is -0.163. The van der Waals surface area contributed by atoms with Crippen molar-refractivity contribution in [3.05, 3.63) is 117 Å². The van der Waals surface area contributed by atoms with Gasteiger partial charge < -0.3 is 34.3 Å². The Morgan fingerprint density at radius 1 is 0.933 bits per heavy atom. The van der Waals surface area contributed by atoms with Crippen molar-refractivity contribution < 1.29 is 32.1 Å². The molecule has 0 bridgehead atoms. The Morgan fingerprint density at radius 2 is 1.67 bits per heavy atom. The zero-order valence-corrected chi connectivity index (χ0v) is 45.2. The van der Waals surface area contributed by atoms with E-state index in [4.69, 9.17) is 21.3 Å². The van der Waals surface area contributed by atoms with E-state index in [0.717, 1.165) is 62.7 Å². The number of aromatic nitrogens is 4. The van der Waals surface area contributed by atoms with Crippen LogP contribution in [0.15, 0.2) is 77.8 Å². The molecular formula is C55H61ClF3N10O4PS. The van der Waals surface area contributed by atoms with Crippen molar-refractivity contribution >= 4 is 75.2 Å². The van der Waals surface area contributed by atoms with E-state index in [1.165, 1.54) is 9.44 Å². The molecule has 0 radical (unpaired) electrons. The minimum Gasteiger partial charge on any atom is -0.382 e. The fourth-order valence-electron chi connectivity index (χ4n) is 10.8. The third-order valence-corrected chi connectivity index (χ3v) is 18.0. The molecular weight excluding hydrogens is 1020 g/mol. The lowest BCUT2D eigenvalue weighted by Gasteiger charge is -2.47. The van der Waals surface area contributed by atoms with Gasteiger partial charge in [-0.1, -0.05) is 35.7 Å².